The molecule has 1 aliphatic rings. The molecular formula is C9H9N3O3S. The summed E-state index contributed by atoms with van der Waals surface area (Å²) < 4.78 is 23.7. The van der Waals surface area contributed by atoms with Crippen LogP contribution in [-0.2, 0) is 9.84 Å². The fourth-order valence-electron chi connectivity index (χ4n) is 1.87. The molecule has 0 unspecified atom stereocenters. The summed E-state index contributed by atoms with van der Waals surface area (Å²) in [6, 6.07) is 4.57. The third-order valence-corrected chi connectivity index (χ3v) is 4.48. The second-order valence-electron chi connectivity index (χ2n) is 3.94. The predicted octanol–water partition coefficient (Wildman–Crippen LogP) is 0.106. The molecule has 0 atom stereocenters. The lowest BCUT2D eigenvalue weighted by molar-refractivity contribution is 0.468. The van der Waals surface area contributed by atoms with E-state index in [-0.39, 0.29) is 23.3 Å². The van der Waals surface area contributed by atoms with E-state index >= 15 is 0 Å². The number of sulfone groups is 1. The SMILES string of the molecule is O=S1(=O)CC(n2nnc3ccc(O)cc32)C1. The molecule has 3 rings (SSSR count). The van der Waals surface area contributed by atoms with E-state index in [4.69, 9.17) is 0 Å². The average molecular weight is 239 g/mol. The molecule has 1 fully saturated rings. The zero-order valence-corrected chi connectivity index (χ0v) is 9.05. The maximum absolute atomic E-state index is 11.1. The summed E-state index contributed by atoms with van der Waals surface area (Å²) in [5, 5.41) is 17.2. The minimum atomic E-state index is -2.89. The first-order valence-corrected chi connectivity index (χ1v) is 6.62. The van der Waals surface area contributed by atoms with Crippen LogP contribution in [0.15, 0.2) is 18.2 Å². The van der Waals surface area contributed by atoms with Gasteiger partial charge in [-0.1, -0.05) is 5.21 Å². The number of hydrogen-bond donors (Lipinski definition) is 1. The van der Waals surface area contributed by atoms with Gasteiger partial charge in [0.1, 0.15) is 11.3 Å². The lowest BCUT2D eigenvalue weighted by atomic mass is 10.3. The van der Waals surface area contributed by atoms with Crippen molar-refractivity contribution in [2.75, 3.05) is 11.5 Å². The number of fused-ring (bicyclic) bond motifs is 1. The maximum atomic E-state index is 11.1. The fraction of sp³-hybridized carbons (Fsp3) is 0.333. The summed E-state index contributed by atoms with van der Waals surface area (Å²) in [6.45, 7) is 0. The van der Waals surface area contributed by atoms with Crippen molar-refractivity contribution in [3.8, 4) is 5.75 Å². The van der Waals surface area contributed by atoms with Gasteiger partial charge in [-0.15, -0.1) is 5.10 Å². The Kier molecular flexibility index (Phi) is 1.76. The van der Waals surface area contributed by atoms with E-state index < -0.39 is 9.84 Å². The molecule has 0 bridgehead atoms. The molecule has 6 nitrogen and oxygen atoms in total. The fourth-order valence-corrected chi connectivity index (χ4v) is 3.23. The van der Waals surface area contributed by atoms with Crippen molar-refractivity contribution in [2.45, 2.75) is 6.04 Å². The van der Waals surface area contributed by atoms with Gasteiger partial charge in [0.05, 0.1) is 23.1 Å². The normalized spacial score (nSPS) is 19.8. The van der Waals surface area contributed by atoms with E-state index in [0.717, 1.165) is 0 Å². The Hall–Kier alpha value is -1.63. The molecule has 0 spiro atoms. The summed E-state index contributed by atoms with van der Waals surface area (Å²) in [7, 11) is -2.89. The first-order chi connectivity index (χ1) is 7.55. The van der Waals surface area contributed by atoms with Gasteiger partial charge in [-0.2, -0.15) is 0 Å². The van der Waals surface area contributed by atoms with Crippen molar-refractivity contribution >= 4 is 20.9 Å². The van der Waals surface area contributed by atoms with Crippen LogP contribution in [0, 0.1) is 0 Å². The van der Waals surface area contributed by atoms with E-state index in [9.17, 15) is 13.5 Å². The van der Waals surface area contributed by atoms with E-state index in [0.29, 0.717) is 11.0 Å². The quantitative estimate of drug-likeness (QED) is 0.763. The van der Waals surface area contributed by atoms with Gasteiger partial charge < -0.3 is 5.11 Å². The first kappa shape index (κ1) is 9.59. The summed E-state index contributed by atoms with van der Waals surface area (Å²) in [5.74, 6) is 0.320. The van der Waals surface area contributed by atoms with Crippen LogP contribution in [0.3, 0.4) is 0 Å². The van der Waals surface area contributed by atoms with Gasteiger partial charge in [0.2, 0.25) is 0 Å². The average Bonchev–Trinajstić information content (AvgIpc) is 2.56. The van der Waals surface area contributed by atoms with Crippen LogP contribution in [-0.4, -0.2) is 40.0 Å². The van der Waals surface area contributed by atoms with Crippen molar-refractivity contribution < 1.29 is 13.5 Å². The molecule has 0 aliphatic carbocycles. The van der Waals surface area contributed by atoms with Crippen LogP contribution in [0.1, 0.15) is 6.04 Å². The second kappa shape index (κ2) is 2.94. The topological polar surface area (TPSA) is 85.1 Å². The smallest absolute Gasteiger partial charge is 0.154 e. The Morgan fingerprint density at radius 2 is 2.12 bits per heavy atom. The second-order valence-corrected chi connectivity index (χ2v) is 6.09. The molecule has 1 saturated heterocycles. The van der Waals surface area contributed by atoms with Crippen molar-refractivity contribution in [1.29, 1.82) is 0 Å². The number of aromatic hydroxyl groups is 1. The Bertz CT molecular complexity index is 650. The van der Waals surface area contributed by atoms with Crippen molar-refractivity contribution in [3.63, 3.8) is 0 Å². The summed E-state index contributed by atoms with van der Waals surface area (Å²) in [5.41, 5.74) is 1.32. The molecule has 2 heterocycles. The monoisotopic (exact) mass is 239 g/mol. The number of phenolic OH excluding ortho intramolecular Hbond substituents is 1. The standard InChI is InChI=1S/C9H9N3O3S/c13-7-1-2-8-9(3-7)12(11-10-8)6-4-16(14,15)5-6/h1-3,6,13H,4-5H2. The Balaban J connectivity index is 2.08. The summed E-state index contributed by atoms with van der Waals surface area (Å²) in [6.07, 6.45) is 0. The molecule has 1 aliphatic heterocycles. The van der Waals surface area contributed by atoms with Crippen LogP contribution in [0.5, 0.6) is 5.75 Å². The van der Waals surface area contributed by atoms with Gasteiger partial charge in [-0.25, -0.2) is 13.1 Å². The molecule has 1 aromatic carbocycles. The molecule has 2 aromatic rings. The molecule has 0 radical (unpaired) electrons. The van der Waals surface area contributed by atoms with Crippen LogP contribution >= 0.6 is 0 Å². The van der Waals surface area contributed by atoms with Gasteiger partial charge in [0.15, 0.2) is 9.84 Å². The lowest BCUT2D eigenvalue weighted by Gasteiger charge is -2.25. The maximum Gasteiger partial charge on any atom is 0.154 e. The van der Waals surface area contributed by atoms with E-state index in [1.807, 2.05) is 0 Å². The van der Waals surface area contributed by atoms with Gasteiger partial charge in [0, 0.05) is 6.07 Å². The third-order valence-electron chi connectivity index (χ3n) is 2.69. The molecule has 0 saturated carbocycles. The largest absolute Gasteiger partial charge is 0.508 e. The van der Waals surface area contributed by atoms with E-state index in [1.165, 1.54) is 6.07 Å². The molecular weight excluding hydrogens is 230 g/mol. The Labute approximate surface area is 91.4 Å². The van der Waals surface area contributed by atoms with Crippen LogP contribution in [0.4, 0.5) is 0 Å². The molecule has 16 heavy (non-hydrogen) atoms. The zero-order valence-electron chi connectivity index (χ0n) is 8.24. The van der Waals surface area contributed by atoms with Gasteiger partial charge in [-0.05, 0) is 12.1 Å². The number of benzene rings is 1. The number of aromatic nitrogens is 3. The summed E-state index contributed by atoms with van der Waals surface area (Å²) in [4.78, 5) is 0. The van der Waals surface area contributed by atoms with Crippen LogP contribution in [0.25, 0.3) is 11.0 Å². The van der Waals surface area contributed by atoms with E-state index in [2.05, 4.69) is 10.3 Å². The molecule has 84 valence electrons. The highest BCUT2D eigenvalue weighted by atomic mass is 32.2. The minimum absolute atomic E-state index is 0.0983. The van der Waals surface area contributed by atoms with E-state index in [1.54, 1.807) is 16.8 Å². The number of phenols is 1. The summed E-state index contributed by atoms with van der Waals surface area (Å²) >= 11 is 0. The van der Waals surface area contributed by atoms with Crippen molar-refractivity contribution in [3.05, 3.63) is 18.2 Å². The van der Waals surface area contributed by atoms with Crippen molar-refractivity contribution in [2.24, 2.45) is 0 Å². The Morgan fingerprint density at radius 1 is 1.38 bits per heavy atom. The molecule has 7 heteroatoms. The lowest BCUT2D eigenvalue weighted by Crippen LogP contribution is -2.38. The first-order valence-electron chi connectivity index (χ1n) is 4.79. The van der Waals surface area contributed by atoms with Crippen LogP contribution < -0.4 is 0 Å². The molecule has 1 aromatic heterocycles. The Morgan fingerprint density at radius 3 is 2.81 bits per heavy atom. The van der Waals surface area contributed by atoms with Crippen LogP contribution in [0.2, 0.25) is 0 Å². The minimum Gasteiger partial charge on any atom is -0.508 e. The molecule has 0 amide bonds. The highest BCUT2D eigenvalue weighted by Gasteiger charge is 2.36. The third kappa shape index (κ3) is 1.35. The number of nitrogens with zero attached hydrogens (tertiary/aromatic N) is 3. The van der Waals surface area contributed by atoms with Crippen molar-refractivity contribution in [1.82, 2.24) is 15.0 Å². The van der Waals surface area contributed by atoms with Gasteiger partial charge in [0.25, 0.3) is 0 Å². The number of rotatable bonds is 1. The van der Waals surface area contributed by atoms with Gasteiger partial charge >= 0.3 is 0 Å². The van der Waals surface area contributed by atoms with Gasteiger partial charge in [-0.3, -0.25) is 0 Å². The highest BCUT2D eigenvalue weighted by molar-refractivity contribution is 7.92. The highest BCUT2D eigenvalue weighted by Crippen LogP contribution is 2.27. The predicted molar refractivity (Wildman–Crippen MR) is 56.9 cm³/mol. The molecule has 1 N–H and O–H groups in total. The zero-order chi connectivity index (χ0) is 11.3. The number of hydrogen-bond acceptors (Lipinski definition) is 5.